The zero-order valence-electron chi connectivity index (χ0n) is 13.1. The van der Waals surface area contributed by atoms with Crippen molar-refractivity contribution in [2.45, 2.75) is 57.9 Å². The summed E-state index contributed by atoms with van der Waals surface area (Å²) in [4.78, 5) is 0. The molecule has 3 heteroatoms. The van der Waals surface area contributed by atoms with E-state index in [9.17, 15) is 0 Å². The normalized spacial score (nSPS) is 26.8. The number of para-hydroxylation sites is 1. The summed E-state index contributed by atoms with van der Waals surface area (Å²) in [7, 11) is 0. The number of hydrazine groups is 1. The first-order valence-electron chi connectivity index (χ1n) is 8.54. The molecule has 21 heavy (non-hydrogen) atoms. The fourth-order valence-electron chi connectivity index (χ4n) is 4.07. The molecule has 0 radical (unpaired) electrons. The van der Waals surface area contributed by atoms with Gasteiger partial charge >= 0.3 is 0 Å². The molecular formula is C18H28N2O. The summed E-state index contributed by atoms with van der Waals surface area (Å²) in [6.45, 7) is 3.15. The van der Waals surface area contributed by atoms with Gasteiger partial charge in [0.25, 0.3) is 0 Å². The number of rotatable bonds is 4. The molecule has 2 aliphatic rings. The lowest BCUT2D eigenvalue weighted by molar-refractivity contribution is 0.212. The summed E-state index contributed by atoms with van der Waals surface area (Å²) in [5.74, 6) is 8.58. The molecule has 1 unspecified atom stereocenters. The van der Waals surface area contributed by atoms with E-state index in [1.807, 2.05) is 0 Å². The maximum absolute atomic E-state index is 5.97. The van der Waals surface area contributed by atoms with Crippen molar-refractivity contribution in [1.82, 2.24) is 5.43 Å². The van der Waals surface area contributed by atoms with Crippen molar-refractivity contribution < 1.29 is 4.74 Å². The molecule has 1 saturated carbocycles. The number of benzene rings is 1. The Labute approximate surface area is 128 Å². The average Bonchev–Trinajstić information content (AvgIpc) is 2.56. The van der Waals surface area contributed by atoms with Gasteiger partial charge in [0.1, 0.15) is 5.75 Å². The van der Waals surface area contributed by atoms with E-state index in [2.05, 4.69) is 30.5 Å². The van der Waals surface area contributed by atoms with Crippen molar-refractivity contribution in [3.8, 4) is 5.75 Å². The van der Waals surface area contributed by atoms with Crippen LogP contribution in [-0.4, -0.2) is 6.61 Å². The maximum atomic E-state index is 5.97. The lowest BCUT2D eigenvalue weighted by atomic mass is 9.75. The van der Waals surface area contributed by atoms with Gasteiger partial charge in [-0.05, 0) is 43.1 Å². The molecule has 3 rings (SSSR count). The molecule has 1 atom stereocenters. The minimum Gasteiger partial charge on any atom is -0.493 e. The molecule has 3 nitrogen and oxygen atoms in total. The Morgan fingerprint density at radius 1 is 1.29 bits per heavy atom. The first-order chi connectivity index (χ1) is 10.3. The number of nitrogens with two attached hydrogens (primary N) is 1. The van der Waals surface area contributed by atoms with Gasteiger partial charge in [-0.2, -0.15) is 0 Å². The van der Waals surface area contributed by atoms with E-state index < -0.39 is 0 Å². The number of fused-ring (bicyclic) bond motifs is 1. The first kappa shape index (κ1) is 14.9. The predicted octanol–water partition coefficient (Wildman–Crippen LogP) is 3.73. The standard InChI is InChI=1S/C18H28N2O/c1-2-13-8-10-14(11-9-13)17(20-19)16-7-3-5-15-6-4-12-21-18(15)16/h3,5,7,13-14,17,20H,2,4,6,8-12,19H2,1H3. The molecular weight excluding hydrogens is 260 g/mol. The SMILES string of the molecule is CCC1CCC(C(NN)c2cccc3c2OCCC3)CC1. The summed E-state index contributed by atoms with van der Waals surface area (Å²) >= 11 is 0. The van der Waals surface area contributed by atoms with Crippen LogP contribution in [0.3, 0.4) is 0 Å². The van der Waals surface area contributed by atoms with Crippen LogP contribution in [0.1, 0.15) is 62.6 Å². The molecule has 1 fully saturated rings. The largest absolute Gasteiger partial charge is 0.493 e. The summed E-state index contributed by atoms with van der Waals surface area (Å²) in [5.41, 5.74) is 5.71. The molecule has 0 spiro atoms. The summed E-state index contributed by atoms with van der Waals surface area (Å²) < 4.78 is 5.97. The third kappa shape index (κ3) is 3.09. The van der Waals surface area contributed by atoms with E-state index in [0.29, 0.717) is 5.92 Å². The maximum Gasteiger partial charge on any atom is 0.127 e. The second-order valence-corrected chi connectivity index (χ2v) is 6.62. The van der Waals surface area contributed by atoms with E-state index >= 15 is 0 Å². The van der Waals surface area contributed by atoms with Crippen molar-refractivity contribution in [3.63, 3.8) is 0 Å². The van der Waals surface area contributed by atoms with Crippen LogP contribution in [0.15, 0.2) is 18.2 Å². The molecule has 1 heterocycles. The molecule has 0 amide bonds. The molecule has 1 aliphatic carbocycles. The van der Waals surface area contributed by atoms with Crippen LogP contribution >= 0.6 is 0 Å². The van der Waals surface area contributed by atoms with Crippen LogP contribution < -0.4 is 16.0 Å². The minimum atomic E-state index is 0.232. The molecule has 0 bridgehead atoms. The van der Waals surface area contributed by atoms with Crippen LogP contribution in [0.2, 0.25) is 0 Å². The van der Waals surface area contributed by atoms with Crippen molar-refractivity contribution in [3.05, 3.63) is 29.3 Å². The van der Waals surface area contributed by atoms with Crippen LogP contribution in [0.4, 0.5) is 0 Å². The molecule has 0 aromatic heterocycles. The van der Waals surface area contributed by atoms with E-state index in [0.717, 1.165) is 31.1 Å². The topological polar surface area (TPSA) is 47.3 Å². The van der Waals surface area contributed by atoms with E-state index in [1.54, 1.807) is 0 Å². The van der Waals surface area contributed by atoms with E-state index in [1.165, 1.54) is 43.2 Å². The van der Waals surface area contributed by atoms with Gasteiger partial charge in [0.05, 0.1) is 12.6 Å². The van der Waals surface area contributed by atoms with Gasteiger partial charge in [-0.15, -0.1) is 0 Å². The average molecular weight is 288 g/mol. The fourth-order valence-corrected chi connectivity index (χ4v) is 4.07. The smallest absolute Gasteiger partial charge is 0.127 e. The number of nitrogens with one attached hydrogen (secondary N) is 1. The Hall–Kier alpha value is -1.06. The lowest BCUT2D eigenvalue weighted by Crippen LogP contribution is -2.36. The number of aryl methyl sites for hydroxylation is 1. The Balaban J connectivity index is 1.80. The van der Waals surface area contributed by atoms with Gasteiger partial charge in [-0.1, -0.05) is 44.4 Å². The summed E-state index contributed by atoms with van der Waals surface area (Å²) in [6, 6.07) is 6.78. The number of hydrogen-bond donors (Lipinski definition) is 2. The molecule has 1 aromatic rings. The van der Waals surface area contributed by atoms with Gasteiger partial charge in [-0.3, -0.25) is 11.3 Å². The van der Waals surface area contributed by atoms with E-state index in [-0.39, 0.29) is 6.04 Å². The zero-order valence-corrected chi connectivity index (χ0v) is 13.1. The van der Waals surface area contributed by atoms with Crippen LogP contribution in [0.25, 0.3) is 0 Å². The molecule has 116 valence electrons. The van der Waals surface area contributed by atoms with E-state index in [4.69, 9.17) is 10.6 Å². The van der Waals surface area contributed by atoms with Gasteiger partial charge < -0.3 is 4.74 Å². The van der Waals surface area contributed by atoms with Gasteiger partial charge in [0, 0.05) is 5.56 Å². The lowest BCUT2D eigenvalue weighted by Gasteiger charge is -2.35. The Bertz CT molecular complexity index is 466. The minimum absolute atomic E-state index is 0.232. The van der Waals surface area contributed by atoms with Crippen LogP contribution in [0.5, 0.6) is 5.75 Å². The second kappa shape index (κ2) is 6.80. The Kier molecular flexibility index (Phi) is 4.81. The highest BCUT2D eigenvalue weighted by molar-refractivity contribution is 5.44. The van der Waals surface area contributed by atoms with Crippen molar-refractivity contribution >= 4 is 0 Å². The van der Waals surface area contributed by atoms with Crippen molar-refractivity contribution in [2.24, 2.45) is 17.7 Å². The van der Waals surface area contributed by atoms with Crippen LogP contribution in [0, 0.1) is 11.8 Å². The molecule has 3 N–H and O–H groups in total. The van der Waals surface area contributed by atoms with Crippen LogP contribution in [-0.2, 0) is 6.42 Å². The molecule has 1 aromatic carbocycles. The monoisotopic (exact) mass is 288 g/mol. The van der Waals surface area contributed by atoms with Crippen molar-refractivity contribution in [2.75, 3.05) is 6.61 Å². The third-order valence-electron chi connectivity index (χ3n) is 5.42. The first-order valence-corrected chi connectivity index (χ1v) is 8.54. The van der Waals surface area contributed by atoms with Gasteiger partial charge in [0.15, 0.2) is 0 Å². The highest BCUT2D eigenvalue weighted by Crippen LogP contribution is 2.41. The second-order valence-electron chi connectivity index (χ2n) is 6.62. The highest BCUT2D eigenvalue weighted by atomic mass is 16.5. The van der Waals surface area contributed by atoms with Gasteiger partial charge in [-0.25, -0.2) is 0 Å². The van der Waals surface area contributed by atoms with Gasteiger partial charge in [0.2, 0.25) is 0 Å². The predicted molar refractivity (Wildman–Crippen MR) is 86.1 cm³/mol. The summed E-state index contributed by atoms with van der Waals surface area (Å²) in [5, 5.41) is 0. The fraction of sp³-hybridized carbons (Fsp3) is 0.667. The molecule has 1 aliphatic heterocycles. The quantitative estimate of drug-likeness (QED) is 0.655. The number of hydrogen-bond acceptors (Lipinski definition) is 3. The van der Waals surface area contributed by atoms with Crippen molar-refractivity contribution in [1.29, 1.82) is 0 Å². The zero-order chi connectivity index (χ0) is 14.7. The molecule has 0 saturated heterocycles. The number of ether oxygens (including phenoxy) is 1. The third-order valence-corrected chi connectivity index (χ3v) is 5.42. The Morgan fingerprint density at radius 3 is 2.81 bits per heavy atom. The summed E-state index contributed by atoms with van der Waals surface area (Å²) in [6.07, 6.45) is 8.80. The Morgan fingerprint density at radius 2 is 2.10 bits per heavy atom. The highest BCUT2D eigenvalue weighted by Gasteiger charge is 2.30.